The lowest BCUT2D eigenvalue weighted by atomic mass is 9.76. The molecule has 148 valence electrons. The van der Waals surface area contributed by atoms with Gasteiger partial charge in [-0.15, -0.1) is 11.3 Å². The molecule has 2 atom stereocenters. The molecule has 0 amide bonds. The quantitative estimate of drug-likeness (QED) is 0.492. The van der Waals surface area contributed by atoms with Crippen LogP contribution in [-0.4, -0.2) is 31.4 Å². The minimum Gasteiger partial charge on any atom is -0.465 e. The number of hydrogen-bond donors (Lipinski definition) is 0. The summed E-state index contributed by atoms with van der Waals surface area (Å²) in [5.74, 6) is -1.50. The van der Waals surface area contributed by atoms with Crippen LogP contribution in [0.2, 0.25) is 0 Å². The molecule has 0 N–H and O–H groups in total. The SMILES string of the molecule is CCOC(=O)[C@@H]1C(=O)C=C(c2ccc(N(CC)CC)cc2)C[C@H]1c1cccs1. The molecule has 3 rings (SSSR count). The second-order valence-corrected chi connectivity index (χ2v) is 7.83. The molecule has 5 heteroatoms. The number of benzene rings is 1. The second-order valence-electron chi connectivity index (χ2n) is 6.85. The first-order valence-corrected chi connectivity index (χ1v) is 10.8. The zero-order chi connectivity index (χ0) is 20.1. The van der Waals surface area contributed by atoms with Crippen molar-refractivity contribution in [2.75, 3.05) is 24.6 Å². The fourth-order valence-corrected chi connectivity index (χ4v) is 4.69. The highest BCUT2D eigenvalue weighted by atomic mass is 32.1. The molecule has 1 heterocycles. The summed E-state index contributed by atoms with van der Waals surface area (Å²) >= 11 is 1.59. The van der Waals surface area contributed by atoms with Crippen LogP contribution in [-0.2, 0) is 14.3 Å². The van der Waals surface area contributed by atoms with Crippen molar-refractivity contribution >= 4 is 34.3 Å². The normalized spacial score (nSPS) is 19.2. The zero-order valence-corrected chi connectivity index (χ0v) is 17.5. The van der Waals surface area contributed by atoms with Crippen molar-refractivity contribution in [1.29, 1.82) is 0 Å². The van der Waals surface area contributed by atoms with Gasteiger partial charge in [0.1, 0.15) is 5.92 Å². The molecule has 0 bridgehead atoms. The Morgan fingerprint density at radius 1 is 1.14 bits per heavy atom. The average molecular weight is 398 g/mol. The van der Waals surface area contributed by atoms with E-state index in [0.29, 0.717) is 6.42 Å². The zero-order valence-electron chi connectivity index (χ0n) is 16.7. The number of anilines is 1. The van der Waals surface area contributed by atoms with Crippen LogP contribution >= 0.6 is 11.3 Å². The molecule has 4 nitrogen and oxygen atoms in total. The lowest BCUT2D eigenvalue weighted by Gasteiger charge is -2.28. The van der Waals surface area contributed by atoms with Crippen LogP contribution in [0.4, 0.5) is 5.69 Å². The molecular weight excluding hydrogens is 370 g/mol. The molecule has 1 aromatic carbocycles. The topological polar surface area (TPSA) is 46.6 Å². The van der Waals surface area contributed by atoms with Gasteiger partial charge < -0.3 is 9.64 Å². The highest BCUT2D eigenvalue weighted by Crippen LogP contribution is 2.42. The van der Waals surface area contributed by atoms with Crippen LogP contribution in [0.15, 0.2) is 47.9 Å². The van der Waals surface area contributed by atoms with E-state index in [9.17, 15) is 9.59 Å². The molecular formula is C23H27NO3S. The maximum Gasteiger partial charge on any atom is 0.317 e. The van der Waals surface area contributed by atoms with E-state index >= 15 is 0 Å². The van der Waals surface area contributed by atoms with Gasteiger partial charge in [0.15, 0.2) is 5.78 Å². The summed E-state index contributed by atoms with van der Waals surface area (Å²) in [6.07, 6.45) is 2.29. The summed E-state index contributed by atoms with van der Waals surface area (Å²) < 4.78 is 5.20. The summed E-state index contributed by atoms with van der Waals surface area (Å²) in [7, 11) is 0. The number of allylic oxidation sites excluding steroid dienone is 2. The minimum absolute atomic E-state index is 0.161. The molecule has 0 aliphatic heterocycles. The maximum atomic E-state index is 12.9. The van der Waals surface area contributed by atoms with Gasteiger partial charge in [-0.2, -0.15) is 0 Å². The largest absolute Gasteiger partial charge is 0.465 e. The van der Waals surface area contributed by atoms with Gasteiger partial charge in [0, 0.05) is 29.6 Å². The van der Waals surface area contributed by atoms with Crippen molar-refractivity contribution in [2.24, 2.45) is 5.92 Å². The van der Waals surface area contributed by atoms with Gasteiger partial charge in [0.05, 0.1) is 6.61 Å². The summed E-state index contributed by atoms with van der Waals surface area (Å²) in [5.41, 5.74) is 3.19. The number of carbonyl (C=O) groups is 2. The Bertz CT molecular complexity index is 835. The summed E-state index contributed by atoms with van der Waals surface area (Å²) in [6.45, 7) is 8.24. The predicted molar refractivity (Wildman–Crippen MR) is 115 cm³/mol. The molecule has 0 radical (unpaired) electrons. The van der Waals surface area contributed by atoms with Gasteiger partial charge in [0.2, 0.25) is 0 Å². The van der Waals surface area contributed by atoms with E-state index in [1.54, 1.807) is 24.3 Å². The summed E-state index contributed by atoms with van der Waals surface area (Å²) in [5, 5.41) is 1.99. The highest BCUT2D eigenvalue weighted by Gasteiger charge is 2.40. The van der Waals surface area contributed by atoms with Crippen molar-refractivity contribution < 1.29 is 14.3 Å². The predicted octanol–water partition coefficient (Wildman–Crippen LogP) is 4.91. The number of esters is 1. The molecule has 0 saturated carbocycles. The number of ketones is 1. The fraction of sp³-hybridized carbons (Fsp3) is 0.391. The van der Waals surface area contributed by atoms with Crippen molar-refractivity contribution in [3.8, 4) is 0 Å². The van der Waals surface area contributed by atoms with E-state index in [-0.39, 0.29) is 18.3 Å². The third-order valence-corrected chi connectivity index (χ3v) is 6.29. The van der Waals surface area contributed by atoms with Gasteiger partial charge in [0.25, 0.3) is 0 Å². The molecule has 1 aliphatic carbocycles. The fourth-order valence-electron chi connectivity index (χ4n) is 3.83. The molecule has 1 aliphatic rings. The van der Waals surface area contributed by atoms with Crippen LogP contribution in [0.1, 0.15) is 43.6 Å². The molecule has 1 aromatic heterocycles. The van der Waals surface area contributed by atoms with Crippen LogP contribution < -0.4 is 4.90 Å². The number of thiophene rings is 1. The van der Waals surface area contributed by atoms with Gasteiger partial charge in [-0.05, 0) is 68.0 Å². The van der Waals surface area contributed by atoms with Crippen LogP contribution in [0.3, 0.4) is 0 Å². The average Bonchev–Trinajstić information content (AvgIpc) is 3.23. The Kier molecular flexibility index (Phi) is 6.68. The van der Waals surface area contributed by atoms with Crippen LogP contribution in [0.25, 0.3) is 5.57 Å². The first kappa shape index (κ1) is 20.3. The Balaban J connectivity index is 1.91. The number of ether oxygens (including phenoxy) is 1. The van der Waals surface area contributed by atoms with E-state index in [1.165, 1.54) is 5.69 Å². The van der Waals surface area contributed by atoms with E-state index < -0.39 is 11.9 Å². The van der Waals surface area contributed by atoms with Crippen molar-refractivity contribution in [2.45, 2.75) is 33.1 Å². The third kappa shape index (κ3) is 4.20. The number of carbonyl (C=O) groups excluding carboxylic acids is 2. The first-order chi connectivity index (χ1) is 13.6. The van der Waals surface area contributed by atoms with E-state index in [1.807, 2.05) is 17.5 Å². The molecule has 0 fully saturated rings. The smallest absolute Gasteiger partial charge is 0.317 e. The second kappa shape index (κ2) is 9.20. The van der Waals surface area contributed by atoms with Gasteiger partial charge in [-0.25, -0.2) is 0 Å². The third-order valence-electron chi connectivity index (χ3n) is 5.28. The van der Waals surface area contributed by atoms with Crippen molar-refractivity contribution in [3.63, 3.8) is 0 Å². The number of nitrogens with zero attached hydrogens (tertiary/aromatic N) is 1. The lowest BCUT2D eigenvalue weighted by molar-refractivity contribution is -0.151. The van der Waals surface area contributed by atoms with Gasteiger partial charge in [-0.1, -0.05) is 18.2 Å². The number of hydrogen-bond acceptors (Lipinski definition) is 5. The van der Waals surface area contributed by atoms with E-state index in [0.717, 1.165) is 29.1 Å². The molecule has 0 unspecified atom stereocenters. The Labute approximate surface area is 170 Å². The van der Waals surface area contributed by atoms with Crippen molar-refractivity contribution in [1.82, 2.24) is 0 Å². The summed E-state index contributed by atoms with van der Waals surface area (Å²) in [4.78, 5) is 28.7. The Morgan fingerprint density at radius 3 is 2.43 bits per heavy atom. The standard InChI is InChI=1S/C23H27NO3S/c1-4-24(5-2)18-11-9-16(10-12-18)17-14-19(21-8-7-13-28-21)22(20(25)15-17)23(26)27-6-3/h7-13,15,19,22H,4-6,14H2,1-3H3/t19-,22-/m0/s1. The minimum atomic E-state index is -0.753. The van der Waals surface area contributed by atoms with Crippen LogP contribution in [0, 0.1) is 5.92 Å². The monoisotopic (exact) mass is 397 g/mol. The van der Waals surface area contributed by atoms with Gasteiger partial charge in [-0.3, -0.25) is 9.59 Å². The Morgan fingerprint density at radius 2 is 1.86 bits per heavy atom. The highest BCUT2D eigenvalue weighted by molar-refractivity contribution is 7.10. The van der Waals surface area contributed by atoms with E-state index in [2.05, 4.69) is 43.0 Å². The van der Waals surface area contributed by atoms with Crippen molar-refractivity contribution in [3.05, 3.63) is 58.3 Å². The Hall–Kier alpha value is -2.40. The van der Waals surface area contributed by atoms with Gasteiger partial charge >= 0.3 is 5.97 Å². The molecule has 28 heavy (non-hydrogen) atoms. The molecule has 2 aromatic rings. The molecule has 0 saturated heterocycles. The number of rotatable bonds is 7. The first-order valence-electron chi connectivity index (χ1n) is 9.88. The molecule has 0 spiro atoms. The maximum absolute atomic E-state index is 12.9. The van der Waals surface area contributed by atoms with Crippen LogP contribution in [0.5, 0.6) is 0 Å². The summed E-state index contributed by atoms with van der Waals surface area (Å²) in [6, 6.07) is 12.3. The lowest BCUT2D eigenvalue weighted by Crippen LogP contribution is -2.33. The van der Waals surface area contributed by atoms with E-state index in [4.69, 9.17) is 4.74 Å².